The van der Waals surface area contributed by atoms with Gasteiger partial charge in [-0.15, -0.1) is 0 Å². The monoisotopic (exact) mass is 307 g/mol. The van der Waals surface area contributed by atoms with E-state index < -0.39 is 0 Å². The maximum absolute atomic E-state index is 12.5. The molecule has 3 rings (SSSR count). The van der Waals surface area contributed by atoms with Crippen molar-refractivity contribution < 1.29 is 4.79 Å². The molecule has 1 aromatic heterocycles. The Bertz CT molecular complexity index is 466. The Kier molecular flexibility index (Phi) is 4.62. The topological polar surface area (TPSA) is 26.8 Å². The highest BCUT2D eigenvalue weighted by Crippen LogP contribution is 2.49. The Labute approximate surface area is 131 Å². The van der Waals surface area contributed by atoms with E-state index in [2.05, 4.69) is 45.6 Å². The zero-order valence-electron chi connectivity index (χ0n) is 13.0. The van der Waals surface area contributed by atoms with Gasteiger partial charge in [-0.2, -0.15) is 11.3 Å². The van der Waals surface area contributed by atoms with Crippen LogP contribution in [0.25, 0.3) is 0 Å². The number of amides is 1. The molecule has 4 nitrogen and oxygen atoms in total. The van der Waals surface area contributed by atoms with Gasteiger partial charge in [-0.25, -0.2) is 0 Å². The van der Waals surface area contributed by atoms with E-state index in [1.807, 2.05) is 0 Å². The number of nitrogens with zero attached hydrogens (tertiary/aromatic N) is 3. The standard InChI is InChI=1S/C16H25N3OS/c1-17(2)4-5-18-6-8-19(9-7-18)16(20)15-11-14(15)13-3-10-21-12-13/h3,10,12,14-15H,4-9,11H2,1-2H3/t14-,15+/m0/s1. The largest absolute Gasteiger partial charge is 0.340 e. The van der Waals surface area contributed by atoms with Crippen LogP contribution in [0.5, 0.6) is 0 Å². The third-order valence-corrected chi connectivity index (χ3v) is 5.33. The van der Waals surface area contributed by atoms with Gasteiger partial charge in [0.2, 0.25) is 5.91 Å². The number of carbonyl (C=O) groups excluding carboxylic acids is 1. The van der Waals surface area contributed by atoms with Crippen molar-refractivity contribution in [3.8, 4) is 0 Å². The van der Waals surface area contributed by atoms with Crippen molar-refractivity contribution in [3.63, 3.8) is 0 Å². The first-order chi connectivity index (χ1) is 10.1. The van der Waals surface area contributed by atoms with Crippen LogP contribution >= 0.6 is 11.3 Å². The minimum Gasteiger partial charge on any atom is -0.340 e. The van der Waals surface area contributed by atoms with Gasteiger partial charge in [-0.05, 0) is 48.8 Å². The highest BCUT2D eigenvalue weighted by Gasteiger charge is 2.46. The van der Waals surface area contributed by atoms with E-state index in [0.717, 1.165) is 45.7 Å². The molecule has 0 aromatic carbocycles. The number of hydrogen-bond donors (Lipinski definition) is 0. The molecule has 1 aromatic rings. The fraction of sp³-hybridized carbons (Fsp3) is 0.688. The van der Waals surface area contributed by atoms with Crippen molar-refractivity contribution >= 4 is 17.2 Å². The fourth-order valence-electron chi connectivity index (χ4n) is 3.09. The summed E-state index contributed by atoms with van der Waals surface area (Å²) in [5, 5.41) is 4.30. The smallest absolute Gasteiger partial charge is 0.226 e. The van der Waals surface area contributed by atoms with Crippen LogP contribution in [0.4, 0.5) is 0 Å². The van der Waals surface area contributed by atoms with Crippen molar-refractivity contribution in [2.45, 2.75) is 12.3 Å². The second-order valence-corrected chi connectivity index (χ2v) is 7.26. The van der Waals surface area contributed by atoms with Crippen LogP contribution in [0.2, 0.25) is 0 Å². The van der Waals surface area contributed by atoms with Gasteiger partial charge in [0.15, 0.2) is 0 Å². The van der Waals surface area contributed by atoms with E-state index in [9.17, 15) is 4.79 Å². The van der Waals surface area contributed by atoms with Gasteiger partial charge in [0, 0.05) is 45.2 Å². The first-order valence-electron chi connectivity index (χ1n) is 7.83. The lowest BCUT2D eigenvalue weighted by atomic mass is 10.1. The molecule has 21 heavy (non-hydrogen) atoms. The van der Waals surface area contributed by atoms with E-state index in [-0.39, 0.29) is 5.92 Å². The Balaban J connectivity index is 1.44. The molecule has 2 fully saturated rings. The maximum Gasteiger partial charge on any atom is 0.226 e. The Morgan fingerprint density at radius 2 is 2.10 bits per heavy atom. The number of carbonyl (C=O) groups is 1. The van der Waals surface area contributed by atoms with Gasteiger partial charge in [-0.1, -0.05) is 0 Å². The SMILES string of the molecule is CN(C)CCN1CCN(C(=O)[C@@H]2C[C@H]2c2ccsc2)CC1. The molecule has 2 aliphatic rings. The van der Waals surface area contributed by atoms with Crippen LogP contribution in [-0.2, 0) is 4.79 Å². The molecular formula is C16H25N3OS. The molecule has 0 spiro atoms. The summed E-state index contributed by atoms with van der Waals surface area (Å²) < 4.78 is 0. The minimum atomic E-state index is 0.257. The van der Waals surface area contributed by atoms with E-state index in [1.54, 1.807) is 11.3 Å². The summed E-state index contributed by atoms with van der Waals surface area (Å²) in [4.78, 5) is 19.3. The normalized spacial score (nSPS) is 26.3. The number of thiophene rings is 1. The van der Waals surface area contributed by atoms with E-state index in [4.69, 9.17) is 0 Å². The predicted octanol–water partition coefficient (Wildman–Crippen LogP) is 1.56. The predicted molar refractivity (Wildman–Crippen MR) is 86.7 cm³/mol. The van der Waals surface area contributed by atoms with Crippen LogP contribution in [0, 0.1) is 5.92 Å². The molecule has 116 valence electrons. The second-order valence-electron chi connectivity index (χ2n) is 6.48. The molecule has 1 saturated heterocycles. The maximum atomic E-state index is 12.5. The van der Waals surface area contributed by atoms with Gasteiger partial charge in [-0.3, -0.25) is 9.69 Å². The minimum absolute atomic E-state index is 0.257. The molecule has 0 radical (unpaired) electrons. The van der Waals surface area contributed by atoms with Gasteiger partial charge in [0.1, 0.15) is 0 Å². The third kappa shape index (κ3) is 3.65. The third-order valence-electron chi connectivity index (χ3n) is 4.63. The van der Waals surface area contributed by atoms with Crippen LogP contribution in [0.1, 0.15) is 17.9 Å². The highest BCUT2D eigenvalue weighted by atomic mass is 32.1. The highest BCUT2D eigenvalue weighted by molar-refractivity contribution is 7.08. The van der Waals surface area contributed by atoms with Crippen molar-refractivity contribution in [2.24, 2.45) is 5.92 Å². The molecule has 1 aliphatic carbocycles. The van der Waals surface area contributed by atoms with Crippen LogP contribution in [0.3, 0.4) is 0 Å². The summed E-state index contributed by atoms with van der Waals surface area (Å²) in [6, 6.07) is 2.17. The number of hydrogen-bond acceptors (Lipinski definition) is 4. The molecule has 1 amide bonds. The molecule has 0 bridgehead atoms. The van der Waals surface area contributed by atoms with Crippen molar-refractivity contribution in [2.75, 3.05) is 53.4 Å². The van der Waals surface area contributed by atoms with Crippen molar-refractivity contribution in [3.05, 3.63) is 22.4 Å². The summed E-state index contributed by atoms with van der Waals surface area (Å²) in [5.41, 5.74) is 1.36. The number of rotatable bonds is 5. The first kappa shape index (κ1) is 15.0. The number of likely N-dealkylation sites (N-methyl/N-ethyl adjacent to an activating group) is 1. The molecule has 2 heterocycles. The quantitative estimate of drug-likeness (QED) is 0.826. The zero-order valence-corrected chi connectivity index (χ0v) is 13.8. The fourth-order valence-corrected chi connectivity index (χ4v) is 3.81. The summed E-state index contributed by atoms with van der Waals surface area (Å²) in [6.07, 6.45) is 1.05. The Morgan fingerprint density at radius 3 is 2.71 bits per heavy atom. The van der Waals surface area contributed by atoms with Crippen LogP contribution < -0.4 is 0 Å². The van der Waals surface area contributed by atoms with Gasteiger partial charge in [0.05, 0.1) is 0 Å². The van der Waals surface area contributed by atoms with Crippen LogP contribution in [-0.4, -0.2) is 74.0 Å². The van der Waals surface area contributed by atoms with Gasteiger partial charge < -0.3 is 9.80 Å². The molecule has 1 saturated carbocycles. The summed E-state index contributed by atoms with van der Waals surface area (Å²) >= 11 is 1.73. The summed E-state index contributed by atoms with van der Waals surface area (Å²) in [7, 11) is 4.22. The average Bonchev–Trinajstić information content (AvgIpc) is 3.10. The molecular weight excluding hydrogens is 282 g/mol. The van der Waals surface area contributed by atoms with E-state index in [1.165, 1.54) is 5.56 Å². The van der Waals surface area contributed by atoms with Gasteiger partial charge in [0.25, 0.3) is 0 Å². The summed E-state index contributed by atoms with van der Waals surface area (Å²) in [5.74, 6) is 1.14. The van der Waals surface area contributed by atoms with Crippen molar-refractivity contribution in [1.82, 2.24) is 14.7 Å². The lowest BCUT2D eigenvalue weighted by Gasteiger charge is -2.35. The molecule has 1 aliphatic heterocycles. The lowest BCUT2D eigenvalue weighted by molar-refractivity contribution is -0.134. The molecule has 0 unspecified atom stereocenters. The van der Waals surface area contributed by atoms with E-state index in [0.29, 0.717) is 11.8 Å². The second kappa shape index (κ2) is 6.46. The summed E-state index contributed by atoms with van der Waals surface area (Å²) in [6.45, 7) is 6.05. The Hall–Kier alpha value is -0.910. The van der Waals surface area contributed by atoms with Crippen LogP contribution in [0.15, 0.2) is 16.8 Å². The van der Waals surface area contributed by atoms with E-state index >= 15 is 0 Å². The molecule has 2 atom stereocenters. The van der Waals surface area contributed by atoms with Gasteiger partial charge >= 0.3 is 0 Å². The lowest BCUT2D eigenvalue weighted by Crippen LogP contribution is -2.50. The Morgan fingerprint density at radius 1 is 1.33 bits per heavy atom. The molecule has 5 heteroatoms. The first-order valence-corrected chi connectivity index (χ1v) is 8.77. The number of piperazine rings is 1. The average molecular weight is 307 g/mol. The zero-order chi connectivity index (χ0) is 14.8. The molecule has 0 N–H and O–H groups in total. The van der Waals surface area contributed by atoms with Crippen molar-refractivity contribution in [1.29, 1.82) is 0 Å².